The summed E-state index contributed by atoms with van der Waals surface area (Å²) >= 11 is 0.959. The molecule has 1 atom stereocenters. The molecule has 2 aliphatic rings. The van der Waals surface area contributed by atoms with Crippen molar-refractivity contribution in [1.82, 2.24) is 0 Å². The van der Waals surface area contributed by atoms with E-state index in [0.29, 0.717) is 29.7 Å². The van der Waals surface area contributed by atoms with E-state index in [2.05, 4.69) is 0 Å². The topological polar surface area (TPSA) is 119 Å². The van der Waals surface area contributed by atoms with Crippen molar-refractivity contribution in [3.8, 4) is 6.07 Å². The molecule has 1 aromatic rings. The van der Waals surface area contributed by atoms with Gasteiger partial charge in [0.15, 0.2) is 5.78 Å². The van der Waals surface area contributed by atoms with E-state index < -0.39 is 10.8 Å². The summed E-state index contributed by atoms with van der Waals surface area (Å²) in [5, 5.41) is 22.0. The van der Waals surface area contributed by atoms with Crippen molar-refractivity contribution in [2.75, 3.05) is 0 Å². The van der Waals surface area contributed by atoms with Crippen LogP contribution in [0.15, 0.2) is 34.2 Å². The van der Waals surface area contributed by atoms with Crippen molar-refractivity contribution in [3.05, 3.63) is 49.9 Å². The zero-order valence-corrected chi connectivity index (χ0v) is 14.0. The van der Waals surface area contributed by atoms with Gasteiger partial charge in [0.25, 0.3) is 0 Å². The van der Waals surface area contributed by atoms with Crippen molar-refractivity contribution < 1.29 is 14.5 Å². The molecule has 0 spiro atoms. The van der Waals surface area contributed by atoms with E-state index in [1.54, 1.807) is 5.38 Å². The van der Waals surface area contributed by atoms with Crippen LogP contribution in [0.3, 0.4) is 0 Å². The third kappa shape index (κ3) is 2.57. The number of ketones is 1. The van der Waals surface area contributed by atoms with E-state index in [-0.39, 0.29) is 27.7 Å². The van der Waals surface area contributed by atoms with Crippen LogP contribution in [0.25, 0.3) is 0 Å². The third-order valence-corrected chi connectivity index (χ3v) is 5.09. The molecule has 0 bridgehead atoms. The highest BCUT2D eigenvalue weighted by molar-refractivity contribution is 7.13. The maximum atomic E-state index is 12.7. The highest BCUT2D eigenvalue weighted by Crippen LogP contribution is 2.48. The maximum absolute atomic E-state index is 12.7. The lowest BCUT2D eigenvalue weighted by atomic mass is 9.70. The zero-order valence-electron chi connectivity index (χ0n) is 13.2. The number of ether oxygens (including phenoxy) is 1. The number of rotatable bonds is 2. The summed E-state index contributed by atoms with van der Waals surface area (Å²) in [4.78, 5) is 23.2. The second-order valence-corrected chi connectivity index (χ2v) is 7.57. The molecule has 3 rings (SSSR count). The van der Waals surface area contributed by atoms with E-state index in [0.717, 1.165) is 11.3 Å². The SMILES string of the molecule is CC1(C)CC(=O)C2=C(C1)OC(N)=C(C#N)C2c1csc([N+](=O)[O-])c1. The van der Waals surface area contributed by atoms with Gasteiger partial charge < -0.3 is 10.5 Å². The molecule has 0 saturated carbocycles. The first-order valence-corrected chi connectivity index (χ1v) is 8.18. The Balaban J connectivity index is 2.16. The fourth-order valence-corrected chi connectivity index (χ4v) is 3.96. The first-order chi connectivity index (χ1) is 11.2. The highest BCUT2D eigenvalue weighted by atomic mass is 32.1. The Morgan fingerprint density at radius 2 is 2.21 bits per heavy atom. The van der Waals surface area contributed by atoms with Gasteiger partial charge in [-0.1, -0.05) is 25.2 Å². The number of carbonyl (C=O) groups excluding carboxylic acids is 1. The molecule has 1 aromatic heterocycles. The molecule has 124 valence electrons. The normalized spacial score (nSPS) is 22.7. The van der Waals surface area contributed by atoms with E-state index in [1.165, 1.54) is 6.07 Å². The van der Waals surface area contributed by atoms with Crippen molar-refractivity contribution in [2.24, 2.45) is 11.1 Å². The lowest BCUT2D eigenvalue weighted by Gasteiger charge is -2.36. The van der Waals surface area contributed by atoms with Crippen LogP contribution in [0.4, 0.5) is 5.00 Å². The van der Waals surface area contributed by atoms with E-state index in [1.807, 2.05) is 19.9 Å². The molecular weight excluding hydrogens is 330 g/mol. The van der Waals surface area contributed by atoms with Gasteiger partial charge in [-0.05, 0) is 11.0 Å². The number of nitriles is 1. The standard InChI is InChI=1S/C16H15N3O4S/c1-16(2)4-10(20)14-11(5-16)23-15(18)9(6-17)13(14)8-3-12(19(21)22)24-7-8/h3,7,13H,4-5,18H2,1-2H3. The smallest absolute Gasteiger partial charge is 0.324 e. The largest absolute Gasteiger partial charge is 0.444 e. The van der Waals surface area contributed by atoms with Gasteiger partial charge in [-0.25, -0.2) is 0 Å². The maximum Gasteiger partial charge on any atom is 0.324 e. The molecule has 2 N–H and O–H groups in total. The Hall–Kier alpha value is -2.66. The average molecular weight is 345 g/mol. The molecule has 1 unspecified atom stereocenters. The monoisotopic (exact) mass is 345 g/mol. The summed E-state index contributed by atoms with van der Waals surface area (Å²) in [6.07, 6.45) is 0.854. The van der Waals surface area contributed by atoms with Crippen LogP contribution in [0.5, 0.6) is 0 Å². The Labute approximate surface area is 142 Å². The third-order valence-electron chi connectivity index (χ3n) is 4.19. The molecule has 1 aliphatic heterocycles. The second-order valence-electron chi connectivity index (χ2n) is 6.68. The number of nitro groups is 1. The Bertz CT molecular complexity index is 857. The Kier molecular flexibility index (Phi) is 3.68. The van der Waals surface area contributed by atoms with Gasteiger partial charge in [-0.3, -0.25) is 14.9 Å². The summed E-state index contributed by atoms with van der Waals surface area (Å²) in [5.41, 5.74) is 6.66. The fraction of sp³-hybridized carbons (Fsp3) is 0.375. The summed E-state index contributed by atoms with van der Waals surface area (Å²) in [6, 6.07) is 3.38. The van der Waals surface area contributed by atoms with Gasteiger partial charge in [0.2, 0.25) is 5.88 Å². The van der Waals surface area contributed by atoms with Gasteiger partial charge in [0.1, 0.15) is 17.4 Å². The number of hydrogen-bond acceptors (Lipinski definition) is 7. The van der Waals surface area contributed by atoms with E-state index in [9.17, 15) is 20.2 Å². The number of nitrogens with zero attached hydrogens (tertiary/aromatic N) is 2. The molecule has 0 fully saturated rings. The minimum Gasteiger partial charge on any atom is -0.444 e. The van der Waals surface area contributed by atoms with Crippen LogP contribution in [0.2, 0.25) is 0 Å². The average Bonchev–Trinajstić information content (AvgIpc) is 2.94. The van der Waals surface area contributed by atoms with E-state index in [4.69, 9.17) is 10.5 Å². The fourth-order valence-electron chi connectivity index (χ4n) is 3.20. The summed E-state index contributed by atoms with van der Waals surface area (Å²) in [6.45, 7) is 3.92. The van der Waals surface area contributed by atoms with E-state index >= 15 is 0 Å². The van der Waals surface area contributed by atoms with Crippen LogP contribution in [-0.4, -0.2) is 10.7 Å². The van der Waals surface area contributed by atoms with Crippen LogP contribution < -0.4 is 5.73 Å². The van der Waals surface area contributed by atoms with Gasteiger partial charge in [0.05, 0.1) is 10.8 Å². The second kappa shape index (κ2) is 5.46. The van der Waals surface area contributed by atoms with Crippen LogP contribution in [0, 0.1) is 26.9 Å². The van der Waals surface area contributed by atoms with Crippen LogP contribution in [0.1, 0.15) is 38.2 Å². The lowest BCUT2D eigenvalue weighted by Crippen LogP contribution is -2.33. The Morgan fingerprint density at radius 1 is 1.50 bits per heavy atom. The van der Waals surface area contributed by atoms with Crippen molar-refractivity contribution >= 4 is 22.1 Å². The first-order valence-electron chi connectivity index (χ1n) is 7.30. The number of Topliss-reactive ketones (excluding diaryl/α,β-unsaturated/α-hetero) is 1. The Morgan fingerprint density at radius 3 is 2.79 bits per heavy atom. The number of thiophene rings is 1. The first kappa shape index (κ1) is 16.2. The predicted molar refractivity (Wildman–Crippen MR) is 86.7 cm³/mol. The molecule has 0 amide bonds. The molecular formula is C16H15N3O4S. The van der Waals surface area contributed by atoms with Gasteiger partial charge in [0, 0.05) is 29.9 Å². The molecule has 0 aromatic carbocycles. The molecule has 0 saturated heterocycles. The summed E-state index contributed by atoms with van der Waals surface area (Å²) in [5.74, 6) is -0.389. The summed E-state index contributed by atoms with van der Waals surface area (Å²) < 4.78 is 5.57. The van der Waals surface area contributed by atoms with Crippen LogP contribution >= 0.6 is 11.3 Å². The lowest BCUT2D eigenvalue weighted by molar-refractivity contribution is -0.380. The quantitative estimate of drug-likeness (QED) is 0.649. The van der Waals surface area contributed by atoms with Crippen molar-refractivity contribution in [3.63, 3.8) is 0 Å². The van der Waals surface area contributed by atoms with Crippen molar-refractivity contribution in [1.29, 1.82) is 5.26 Å². The van der Waals surface area contributed by atoms with Crippen LogP contribution in [-0.2, 0) is 9.53 Å². The molecule has 1 aliphatic carbocycles. The van der Waals surface area contributed by atoms with Gasteiger partial charge in [-0.15, -0.1) is 0 Å². The number of allylic oxidation sites excluding steroid dienone is 3. The molecule has 24 heavy (non-hydrogen) atoms. The highest BCUT2D eigenvalue weighted by Gasteiger charge is 2.43. The molecule has 7 nitrogen and oxygen atoms in total. The van der Waals surface area contributed by atoms with Gasteiger partial charge >= 0.3 is 5.00 Å². The minimum absolute atomic E-state index is 0.0411. The molecule has 2 heterocycles. The molecule has 0 radical (unpaired) electrons. The van der Waals surface area contributed by atoms with Gasteiger partial charge in [-0.2, -0.15) is 5.26 Å². The molecule has 8 heteroatoms. The number of carbonyl (C=O) groups is 1. The zero-order chi connectivity index (χ0) is 17.6. The number of nitrogens with two attached hydrogens (primary N) is 1. The predicted octanol–water partition coefficient (Wildman–Crippen LogP) is 3.11. The number of hydrogen-bond donors (Lipinski definition) is 1. The minimum atomic E-state index is -0.702. The summed E-state index contributed by atoms with van der Waals surface area (Å²) in [7, 11) is 0. The van der Waals surface area contributed by atoms with Crippen molar-refractivity contribution in [2.45, 2.75) is 32.6 Å².